The minimum atomic E-state index is -0.287. The molecule has 8 heteroatoms. The largest absolute Gasteiger partial charge is 0.493 e. The fourth-order valence-electron chi connectivity index (χ4n) is 3.00. The molecule has 3 aromatic rings. The molecule has 0 atom stereocenters. The second kappa shape index (κ2) is 10.2. The van der Waals surface area contributed by atoms with Gasteiger partial charge in [0, 0.05) is 25.0 Å². The number of benzene rings is 1. The van der Waals surface area contributed by atoms with Gasteiger partial charge in [0.05, 0.1) is 12.8 Å². The molecular weight excluding hydrogens is 394 g/mol. The normalized spacial score (nSPS) is 10.3. The molecule has 8 nitrogen and oxygen atoms in total. The second-order valence-corrected chi connectivity index (χ2v) is 6.88. The van der Waals surface area contributed by atoms with E-state index in [1.807, 2.05) is 38.1 Å². The van der Waals surface area contributed by atoms with Crippen LogP contribution in [0, 0.1) is 26.2 Å². The van der Waals surface area contributed by atoms with E-state index in [2.05, 4.69) is 26.6 Å². The predicted molar refractivity (Wildman–Crippen MR) is 117 cm³/mol. The van der Waals surface area contributed by atoms with E-state index < -0.39 is 0 Å². The van der Waals surface area contributed by atoms with Crippen LogP contribution in [0.1, 0.15) is 22.5 Å². The van der Waals surface area contributed by atoms with Crippen molar-refractivity contribution >= 4 is 6.03 Å². The summed E-state index contributed by atoms with van der Waals surface area (Å²) >= 11 is 0. The van der Waals surface area contributed by atoms with E-state index in [1.54, 1.807) is 30.1 Å². The van der Waals surface area contributed by atoms with Gasteiger partial charge in [0.15, 0.2) is 17.3 Å². The standard InChI is InChI=1S/C23H25N5O3/c1-5-10-31-21-12-18(6-8-20(21)30-4)13-25-23(29)26-15-19-7-9-22(24-14-19)28-17(3)11-16(2)27-28/h1,6-9,11-12,14H,10,13,15H2,2-4H3,(H2,25,26,29). The molecule has 0 aliphatic heterocycles. The second-order valence-electron chi connectivity index (χ2n) is 6.88. The van der Waals surface area contributed by atoms with Gasteiger partial charge >= 0.3 is 6.03 Å². The number of rotatable bonds is 8. The van der Waals surface area contributed by atoms with E-state index in [4.69, 9.17) is 15.9 Å². The van der Waals surface area contributed by atoms with Crippen molar-refractivity contribution in [3.63, 3.8) is 0 Å². The maximum Gasteiger partial charge on any atom is 0.315 e. The lowest BCUT2D eigenvalue weighted by Crippen LogP contribution is -2.34. The molecule has 0 saturated heterocycles. The molecule has 2 N–H and O–H groups in total. The number of carbonyl (C=O) groups excluding carboxylic acids is 1. The van der Waals surface area contributed by atoms with Crippen LogP contribution in [0.3, 0.4) is 0 Å². The van der Waals surface area contributed by atoms with Crippen LogP contribution in [0.5, 0.6) is 11.5 Å². The molecule has 3 rings (SSSR count). The number of aromatic nitrogens is 3. The summed E-state index contributed by atoms with van der Waals surface area (Å²) in [4.78, 5) is 16.6. The molecule has 160 valence electrons. The number of ether oxygens (including phenoxy) is 2. The third-order valence-corrected chi connectivity index (χ3v) is 4.48. The van der Waals surface area contributed by atoms with Crippen LogP contribution < -0.4 is 20.1 Å². The first kappa shape index (κ1) is 21.7. The Kier molecular flexibility index (Phi) is 7.12. The Hall–Kier alpha value is -3.99. The number of nitrogens with zero attached hydrogens (tertiary/aromatic N) is 3. The fraction of sp³-hybridized carbons (Fsp3) is 0.261. The van der Waals surface area contributed by atoms with Gasteiger partial charge in [-0.15, -0.1) is 6.42 Å². The van der Waals surface area contributed by atoms with Gasteiger partial charge in [-0.25, -0.2) is 14.5 Å². The Morgan fingerprint density at radius 1 is 1.10 bits per heavy atom. The molecular formula is C23H25N5O3. The highest BCUT2D eigenvalue weighted by molar-refractivity contribution is 5.73. The van der Waals surface area contributed by atoms with Crippen molar-refractivity contribution in [2.24, 2.45) is 0 Å². The first-order valence-electron chi connectivity index (χ1n) is 9.73. The molecule has 1 aromatic carbocycles. The number of amides is 2. The lowest BCUT2D eigenvalue weighted by Gasteiger charge is -2.12. The zero-order chi connectivity index (χ0) is 22.2. The minimum Gasteiger partial charge on any atom is -0.493 e. The summed E-state index contributed by atoms with van der Waals surface area (Å²) in [6, 6.07) is 10.9. The first-order valence-corrected chi connectivity index (χ1v) is 9.73. The molecule has 2 amide bonds. The highest BCUT2D eigenvalue weighted by atomic mass is 16.5. The number of pyridine rings is 1. The van der Waals surface area contributed by atoms with Gasteiger partial charge in [0.25, 0.3) is 0 Å². The van der Waals surface area contributed by atoms with Crippen LogP contribution in [0.25, 0.3) is 5.82 Å². The quantitative estimate of drug-likeness (QED) is 0.548. The first-order chi connectivity index (χ1) is 15.0. The predicted octanol–water partition coefficient (Wildman–Crippen LogP) is 2.90. The van der Waals surface area contributed by atoms with Gasteiger partial charge in [-0.05, 0) is 49.2 Å². The molecule has 0 bridgehead atoms. The lowest BCUT2D eigenvalue weighted by molar-refractivity contribution is 0.240. The summed E-state index contributed by atoms with van der Waals surface area (Å²) in [5.74, 6) is 4.27. The fourth-order valence-corrected chi connectivity index (χ4v) is 3.00. The van der Waals surface area contributed by atoms with Crippen molar-refractivity contribution in [1.29, 1.82) is 0 Å². The molecule has 31 heavy (non-hydrogen) atoms. The maximum atomic E-state index is 12.2. The highest BCUT2D eigenvalue weighted by Gasteiger charge is 2.08. The van der Waals surface area contributed by atoms with E-state index in [0.717, 1.165) is 28.3 Å². The van der Waals surface area contributed by atoms with E-state index in [-0.39, 0.29) is 12.6 Å². The number of carbonyl (C=O) groups is 1. The van der Waals surface area contributed by atoms with Crippen LogP contribution in [-0.4, -0.2) is 34.5 Å². The number of terminal acetylenes is 1. The number of nitrogens with one attached hydrogen (secondary N) is 2. The van der Waals surface area contributed by atoms with Crippen molar-refractivity contribution < 1.29 is 14.3 Å². The summed E-state index contributed by atoms with van der Waals surface area (Å²) in [6.45, 7) is 4.75. The van der Waals surface area contributed by atoms with Crippen LogP contribution in [-0.2, 0) is 13.1 Å². The van der Waals surface area contributed by atoms with Gasteiger partial charge in [0.2, 0.25) is 0 Å². The minimum absolute atomic E-state index is 0.139. The average Bonchev–Trinajstić information content (AvgIpc) is 3.13. The molecule has 0 spiro atoms. The van der Waals surface area contributed by atoms with Crippen molar-refractivity contribution in [2.45, 2.75) is 26.9 Å². The third kappa shape index (κ3) is 5.76. The molecule has 2 aromatic heterocycles. The van der Waals surface area contributed by atoms with E-state index >= 15 is 0 Å². The van der Waals surface area contributed by atoms with Crippen molar-refractivity contribution in [3.05, 3.63) is 65.1 Å². The SMILES string of the molecule is C#CCOc1cc(CNC(=O)NCc2ccc(-n3nc(C)cc3C)nc2)ccc1OC. The Morgan fingerprint density at radius 2 is 1.84 bits per heavy atom. The number of hydrogen-bond acceptors (Lipinski definition) is 5. The number of aryl methyl sites for hydroxylation is 2. The van der Waals surface area contributed by atoms with Gasteiger partial charge in [-0.1, -0.05) is 18.1 Å². The highest BCUT2D eigenvalue weighted by Crippen LogP contribution is 2.27. The topological polar surface area (TPSA) is 90.3 Å². The number of methoxy groups -OCH3 is 1. The zero-order valence-electron chi connectivity index (χ0n) is 17.8. The monoisotopic (exact) mass is 419 g/mol. The molecule has 0 saturated carbocycles. The Morgan fingerprint density at radius 3 is 2.45 bits per heavy atom. The molecule has 0 aliphatic carbocycles. The lowest BCUT2D eigenvalue weighted by atomic mass is 10.2. The molecule has 0 radical (unpaired) electrons. The molecule has 0 aliphatic rings. The molecule has 0 fully saturated rings. The van der Waals surface area contributed by atoms with Crippen LogP contribution in [0.15, 0.2) is 42.6 Å². The van der Waals surface area contributed by atoms with E-state index in [1.165, 1.54) is 0 Å². The summed E-state index contributed by atoms with van der Waals surface area (Å²) in [5.41, 5.74) is 3.70. The Labute approximate surface area is 181 Å². The maximum absolute atomic E-state index is 12.2. The van der Waals surface area contributed by atoms with Crippen LogP contribution in [0.2, 0.25) is 0 Å². The van der Waals surface area contributed by atoms with Gasteiger partial charge in [-0.3, -0.25) is 0 Å². The summed E-state index contributed by atoms with van der Waals surface area (Å²) in [7, 11) is 1.56. The van der Waals surface area contributed by atoms with Crippen molar-refractivity contribution in [1.82, 2.24) is 25.4 Å². The zero-order valence-corrected chi connectivity index (χ0v) is 17.8. The summed E-state index contributed by atoms with van der Waals surface area (Å²) in [5, 5.41) is 10.1. The summed E-state index contributed by atoms with van der Waals surface area (Å²) in [6.07, 6.45) is 6.97. The van der Waals surface area contributed by atoms with Crippen molar-refractivity contribution in [2.75, 3.05) is 13.7 Å². The van der Waals surface area contributed by atoms with E-state index in [0.29, 0.717) is 24.6 Å². The average molecular weight is 419 g/mol. The van der Waals surface area contributed by atoms with Gasteiger partial charge < -0.3 is 20.1 Å². The van der Waals surface area contributed by atoms with E-state index in [9.17, 15) is 4.79 Å². The number of urea groups is 1. The third-order valence-electron chi connectivity index (χ3n) is 4.48. The van der Waals surface area contributed by atoms with Crippen LogP contribution in [0.4, 0.5) is 4.79 Å². The van der Waals surface area contributed by atoms with Gasteiger partial charge in [-0.2, -0.15) is 5.10 Å². The van der Waals surface area contributed by atoms with Crippen molar-refractivity contribution in [3.8, 4) is 29.7 Å². The molecule has 0 unspecified atom stereocenters. The smallest absolute Gasteiger partial charge is 0.315 e. The summed E-state index contributed by atoms with van der Waals surface area (Å²) < 4.78 is 12.5. The van der Waals surface area contributed by atoms with Gasteiger partial charge in [0.1, 0.15) is 6.61 Å². The number of hydrogen-bond donors (Lipinski definition) is 2. The Bertz CT molecular complexity index is 1080. The Balaban J connectivity index is 1.51. The van der Waals surface area contributed by atoms with Crippen LogP contribution >= 0.6 is 0 Å². The molecule has 2 heterocycles.